The maximum absolute atomic E-state index is 4.77. The van der Waals surface area contributed by atoms with E-state index in [4.69, 9.17) is 12.2 Å². The summed E-state index contributed by atoms with van der Waals surface area (Å²) < 4.78 is 0.805. The topological polar surface area (TPSA) is 0 Å². The largest absolute Gasteiger partial charge is 0.136 e. The maximum Gasteiger partial charge on any atom is 0.0448 e. The standard InChI is InChI=1S/C6H10S3/c7-5-3-1-2-4-6(8)9/h5H,1-4H2,(H,8,9). The number of unbranched alkanes of at least 4 members (excludes halogenated alkanes) is 2. The quantitative estimate of drug-likeness (QED) is 0.390. The van der Waals surface area contributed by atoms with Crippen molar-refractivity contribution in [1.82, 2.24) is 0 Å². The van der Waals surface area contributed by atoms with E-state index in [2.05, 4.69) is 24.8 Å². The van der Waals surface area contributed by atoms with Gasteiger partial charge in [0.15, 0.2) is 0 Å². The van der Waals surface area contributed by atoms with Gasteiger partial charge in [-0.25, -0.2) is 0 Å². The lowest BCUT2D eigenvalue weighted by Crippen LogP contribution is -1.82. The van der Waals surface area contributed by atoms with Gasteiger partial charge in [0.05, 0.1) is 0 Å². The highest BCUT2D eigenvalue weighted by Gasteiger charge is 1.88. The summed E-state index contributed by atoms with van der Waals surface area (Å²) in [6, 6.07) is 0. The minimum absolute atomic E-state index is 0.805. The fourth-order valence-corrected chi connectivity index (χ4v) is 0.973. The SMILES string of the molecule is S=CCCCCC(=S)S. The first-order valence-electron chi connectivity index (χ1n) is 2.93. The van der Waals surface area contributed by atoms with Gasteiger partial charge in [0.25, 0.3) is 0 Å². The molecule has 0 nitrogen and oxygen atoms in total. The molecular formula is C6H10S3. The fourth-order valence-electron chi connectivity index (χ4n) is 0.504. The highest BCUT2D eigenvalue weighted by molar-refractivity contribution is 8.11. The van der Waals surface area contributed by atoms with Crippen molar-refractivity contribution in [2.24, 2.45) is 0 Å². The van der Waals surface area contributed by atoms with Crippen LogP contribution in [0.1, 0.15) is 25.7 Å². The molecule has 0 unspecified atom stereocenters. The third-order valence-corrected chi connectivity index (χ3v) is 1.63. The monoisotopic (exact) mass is 178 g/mol. The van der Waals surface area contributed by atoms with Crippen molar-refractivity contribution in [3.63, 3.8) is 0 Å². The summed E-state index contributed by atoms with van der Waals surface area (Å²) in [7, 11) is 0. The van der Waals surface area contributed by atoms with Gasteiger partial charge in [0.2, 0.25) is 0 Å². The molecule has 0 amide bonds. The molecule has 9 heavy (non-hydrogen) atoms. The Kier molecular flexibility index (Phi) is 7.04. The average Bonchev–Trinajstić information content (AvgIpc) is 1.80. The van der Waals surface area contributed by atoms with Crippen LogP contribution in [0.15, 0.2) is 0 Å². The molecule has 0 aromatic heterocycles. The lowest BCUT2D eigenvalue weighted by atomic mass is 10.2. The zero-order chi connectivity index (χ0) is 7.11. The van der Waals surface area contributed by atoms with E-state index in [1.807, 2.05) is 0 Å². The normalized spacial score (nSPS) is 9.00. The molecule has 0 spiro atoms. The number of rotatable bonds is 5. The zero-order valence-electron chi connectivity index (χ0n) is 5.17. The van der Waals surface area contributed by atoms with E-state index in [1.54, 1.807) is 5.37 Å². The van der Waals surface area contributed by atoms with Crippen molar-refractivity contribution in [3.05, 3.63) is 0 Å². The molecule has 0 atom stereocenters. The molecule has 0 bridgehead atoms. The first kappa shape index (κ1) is 9.53. The summed E-state index contributed by atoms with van der Waals surface area (Å²) in [5.74, 6) is 0. The average molecular weight is 178 g/mol. The third-order valence-electron chi connectivity index (χ3n) is 0.963. The van der Waals surface area contributed by atoms with Gasteiger partial charge < -0.3 is 0 Å². The first-order valence-corrected chi connectivity index (χ1v) is 4.25. The second kappa shape index (κ2) is 6.65. The summed E-state index contributed by atoms with van der Waals surface area (Å²) in [6.07, 6.45) is 4.23. The van der Waals surface area contributed by atoms with Gasteiger partial charge in [-0.15, -0.1) is 12.6 Å². The summed E-state index contributed by atoms with van der Waals surface area (Å²) >= 11 is 13.4. The minimum Gasteiger partial charge on any atom is -0.136 e. The highest BCUT2D eigenvalue weighted by Crippen LogP contribution is 2.02. The van der Waals surface area contributed by atoms with Crippen LogP contribution in [-0.2, 0) is 0 Å². The molecule has 0 aliphatic heterocycles. The maximum atomic E-state index is 4.77. The van der Waals surface area contributed by atoms with Crippen LogP contribution in [0, 0.1) is 0 Å². The van der Waals surface area contributed by atoms with Gasteiger partial charge in [-0.2, -0.15) is 0 Å². The van der Waals surface area contributed by atoms with E-state index in [-0.39, 0.29) is 0 Å². The minimum atomic E-state index is 0.805. The predicted octanol–water partition coefficient (Wildman–Crippen LogP) is 2.80. The summed E-state index contributed by atoms with van der Waals surface area (Å²) in [6.45, 7) is 0. The van der Waals surface area contributed by atoms with Crippen LogP contribution in [0.4, 0.5) is 0 Å². The van der Waals surface area contributed by atoms with Crippen LogP contribution in [0.3, 0.4) is 0 Å². The second-order valence-electron chi connectivity index (χ2n) is 1.81. The Morgan fingerprint density at radius 3 is 2.56 bits per heavy atom. The fraction of sp³-hybridized carbons (Fsp3) is 0.667. The molecule has 0 radical (unpaired) electrons. The zero-order valence-corrected chi connectivity index (χ0v) is 7.70. The van der Waals surface area contributed by atoms with Crippen molar-refractivity contribution in [2.75, 3.05) is 0 Å². The number of hydrogen-bond acceptors (Lipinski definition) is 2. The Balaban J connectivity index is 2.91. The lowest BCUT2D eigenvalue weighted by molar-refractivity contribution is 0.812. The Bertz CT molecular complexity index is 98.5. The Labute approximate surface area is 72.4 Å². The molecule has 52 valence electrons. The van der Waals surface area contributed by atoms with Gasteiger partial charge in [-0.1, -0.05) is 24.4 Å². The molecule has 0 heterocycles. The molecular weight excluding hydrogens is 168 g/mol. The first-order chi connectivity index (χ1) is 4.27. The second-order valence-corrected chi connectivity index (χ2v) is 3.47. The Morgan fingerprint density at radius 2 is 2.11 bits per heavy atom. The summed E-state index contributed by atoms with van der Waals surface area (Å²) in [5.41, 5.74) is 0. The Hall–Kier alpha value is 0.530. The van der Waals surface area contributed by atoms with Crippen LogP contribution in [0.25, 0.3) is 0 Å². The van der Waals surface area contributed by atoms with E-state index in [0.717, 1.165) is 29.9 Å². The van der Waals surface area contributed by atoms with Gasteiger partial charge in [-0.3, -0.25) is 0 Å². The smallest absolute Gasteiger partial charge is 0.0448 e. The number of hydrogen-bond donors (Lipinski definition) is 1. The summed E-state index contributed by atoms with van der Waals surface area (Å²) in [4.78, 5) is 0. The van der Waals surface area contributed by atoms with Crippen molar-refractivity contribution in [3.8, 4) is 0 Å². The van der Waals surface area contributed by atoms with Gasteiger partial charge in [0.1, 0.15) is 0 Å². The van der Waals surface area contributed by atoms with E-state index < -0.39 is 0 Å². The van der Waals surface area contributed by atoms with Crippen LogP contribution < -0.4 is 0 Å². The van der Waals surface area contributed by atoms with E-state index in [9.17, 15) is 0 Å². The molecule has 0 saturated heterocycles. The number of thiol groups is 1. The van der Waals surface area contributed by atoms with Crippen LogP contribution in [-0.4, -0.2) is 9.56 Å². The Morgan fingerprint density at radius 1 is 1.44 bits per heavy atom. The molecule has 0 aliphatic carbocycles. The van der Waals surface area contributed by atoms with E-state index in [0.29, 0.717) is 0 Å². The molecule has 0 fully saturated rings. The van der Waals surface area contributed by atoms with Crippen molar-refractivity contribution in [1.29, 1.82) is 0 Å². The van der Waals surface area contributed by atoms with Crippen LogP contribution in [0.2, 0.25) is 0 Å². The number of thiocarbonyl (C=S) groups is 2. The van der Waals surface area contributed by atoms with Crippen molar-refractivity contribution >= 4 is 46.6 Å². The third kappa shape index (κ3) is 8.53. The van der Waals surface area contributed by atoms with Crippen molar-refractivity contribution < 1.29 is 0 Å². The molecule has 0 N–H and O–H groups in total. The van der Waals surface area contributed by atoms with Crippen LogP contribution >= 0.6 is 37.1 Å². The summed E-state index contributed by atoms with van der Waals surface area (Å²) in [5, 5.41) is 1.77. The molecule has 0 aliphatic rings. The molecule has 0 aromatic rings. The van der Waals surface area contributed by atoms with Crippen molar-refractivity contribution in [2.45, 2.75) is 25.7 Å². The lowest BCUT2D eigenvalue weighted by Gasteiger charge is -1.92. The van der Waals surface area contributed by atoms with Crippen LogP contribution in [0.5, 0.6) is 0 Å². The predicted molar refractivity (Wildman–Crippen MR) is 53.7 cm³/mol. The molecule has 0 rings (SSSR count). The molecule has 0 aromatic carbocycles. The van der Waals surface area contributed by atoms with E-state index in [1.165, 1.54) is 0 Å². The molecule has 0 saturated carbocycles. The van der Waals surface area contributed by atoms with Gasteiger partial charge >= 0.3 is 0 Å². The van der Waals surface area contributed by atoms with Gasteiger partial charge in [-0.05, 0) is 31.1 Å². The van der Waals surface area contributed by atoms with E-state index >= 15 is 0 Å². The van der Waals surface area contributed by atoms with Gasteiger partial charge in [0, 0.05) is 4.20 Å². The molecule has 3 heteroatoms. The highest BCUT2D eigenvalue weighted by atomic mass is 32.1.